The Morgan fingerprint density at radius 3 is 2.62 bits per heavy atom. The Hall–Kier alpha value is -2.90. The Balaban J connectivity index is 1.47. The number of fused-ring (bicyclic) bond motifs is 1. The molecule has 150 valence electrons. The molecule has 3 aromatic rings. The molecule has 1 saturated heterocycles. The molecule has 4 rings (SSSR count). The fraction of sp³-hybridized carbons (Fsp3) is 0.286. The van der Waals surface area contributed by atoms with Gasteiger partial charge in [-0.3, -0.25) is 19.8 Å². The summed E-state index contributed by atoms with van der Waals surface area (Å²) >= 11 is 5.92. The van der Waals surface area contributed by atoms with E-state index in [1.807, 2.05) is 36.1 Å². The first-order valence-electron chi connectivity index (χ1n) is 9.49. The number of anilines is 1. The van der Waals surface area contributed by atoms with Gasteiger partial charge in [-0.2, -0.15) is 0 Å². The Morgan fingerprint density at radius 1 is 1.17 bits per heavy atom. The van der Waals surface area contributed by atoms with Gasteiger partial charge in [0.15, 0.2) is 5.78 Å². The van der Waals surface area contributed by atoms with Gasteiger partial charge >= 0.3 is 0 Å². The van der Waals surface area contributed by atoms with Gasteiger partial charge in [-0.15, -0.1) is 0 Å². The van der Waals surface area contributed by atoms with Crippen LogP contribution in [0.15, 0.2) is 48.7 Å². The van der Waals surface area contributed by atoms with E-state index in [2.05, 4.69) is 9.88 Å². The number of hydrogen-bond donors (Lipinski definition) is 1. The molecule has 1 aliphatic rings. The lowest BCUT2D eigenvalue weighted by molar-refractivity contribution is -0.384. The average molecular weight is 413 g/mol. The van der Waals surface area contributed by atoms with Crippen LogP contribution in [-0.4, -0.2) is 52.8 Å². The number of ketones is 1. The van der Waals surface area contributed by atoms with Crippen molar-refractivity contribution in [3.8, 4) is 0 Å². The number of Topliss-reactive ketones (excluding diaryl/α,β-unsaturated/α-hetero) is 1. The normalized spacial score (nSPS) is 16.1. The smallest absolute Gasteiger partial charge is 0.294 e. The molecule has 1 N–H and O–H groups in total. The van der Waals surface area contributed by atoms with Crippen LogP contribution in [0.4, 0.5) is 11.4 Å². The molecular weight excluding hydrogens is 392 g/mol. The predicted molar refractivity (Wildman–Crippen MR) is 114 cm³/mol. The molecule has 1 aromatic heterocycles. The minimum absolute atomic E-state index is 0.00821. The van der Waals surface area contributed by atoms with Gasteiger partial charge in [0.2, 0.25) is 0 Å². The number of nitrogens with zero attached hydrogens (tertiary/aromatic N) is 3. The third kappa shape index (κ3) is 3.71. The van der Waals surface area contributed by atoms with Crippen molar-refractivity contribution in [3.63, 3.8) is 0 Å². The van der Waals surface area contributed by atoms with Gasteiger partial charge in [0.1, 0.15) is 5.69 Å². The van der Waals surface area contributed by atoms with E-state index in [-0.39, 0.29) is 17.5 Å². The van der Waals surface area contributed by atoms with E-state index < -0.39 is 4.92 Å². The number of nitrogens with one attached hydrogen (secondary N) is 1. The molecule has 0 radical (unpaired) electrons. The number of carbonyl (C=O) groups is 1. The summed E-state index contributed by atoms with van der Waals surface area (Å²) in [5.41, 5.74) is 2.22. The van der Waals surface area contributed by atoms with E-state index in [4.69, 9.17) is 11.6 Å². The molecule has 1 fully saturated rings. The Labute approximate surface area is 173 Å². The number of nitro benzene ring substituents is 1. The SMILES string of the molecule is CC(C(=O)c1c[nH]c2ccccc12)N1CCN(c2ccc(Cl)cc2[N+](=O)[O-])CC1. The largest absolute Gasteiger partial charge is 0.363 e. The molecule has 0 saturated carbocycles. The monoisotopic (exact) mass is 412 g/mol. The summed E-state index contributed by atoms with van der Waals surface area (Å²) in [6, 6.07) is 12.2. The van der Waals surface area contributed by atoms with Crippen LogP contribution in [0.5, 0.6) is 0 Å². The fourth-order valence-corrected chi connectivity index (χ4v) is 4.09. The molecule has 1 aliphatic heterocycles. The quantitative estimate of drug-likeness (QED) is 0.387. The highest BCUT2D eigenvalue weighted by atomic mass is 35.5. The number of halogens is 1. The van der Waals surface area contributed by atoms with Gasteiger partial charge in [-0.05, 0) is 25.1 Å². The van der Waals surface area contributed by atoms with Gasteiger partial charge in [-0.25, -0.2) is 0 Å². The molecule has 0 amide bonds. The molecule has 0 spiro atoms. The number of piperazine rings is 1. The van der Waals surface area contributed by atoms with Crippen LogP contribution in [0.3, 0.4) is 0 Å². The molecule has 8 heteroatoms. The first kappa shape index (κ1) is 19.4. The Kier molecular flexibility index (Phi) is 5.25. The second-order valence-corrected chi connectivity index (χ2v) is 7.64. The summed E-state index contributed by atoms with van der Waals surface area (Å²) in [5, 5.41) is 12.7. The average Bonchev–Trinajstić information content (AvgIpc) is 3.17. The van der Waals surface area contributed by atoms with Crippen LogP contribution < -0.4 is 4.90 Å². The highest BCUT2D eigenvalue weighted by molar-refractivity contribution is 6.30. The van der Waals surface area contributed by atoms with Crippen molar-refractivity contribution < 1.29 is 9.72 Å². The van der Waals surface area contributed by atoms with Crippen LogP contribution in [0.2, 0.25) is 5.02 Å². The number of hydrogen-bond acceptors (Lipinski definition) is 5. The number of aromatic nitrogens is 1. The molecule has 0 aliphatic carbocycles. The summed E-state index contributed by atoms with van der Waals surface area (Å²) in [7, 11) is 0. The fourth-order valence-electron chi connectivity index (χ4n) is 3.93. The molecule has 1 unspecified atom stereocenters. The van der Waals surface area contributed by atoms with Crippen LogP contribution in [0.25, 0.3) is 10.9 Å². The zero-order chi connectivity index (χ0) is 20.5. The zero-order valence-corrected chi connectivity index (χ0v) is 16.7. The third-order valence-electron chi connectivity index (χ3n) is 5.57. The van der Waals surface area contributed by atoms with Gasteiger partial charge in [0, 0.05) is 59.9 Å². The lowest BCUT2D eigenvalue weighted by Gasteiger charge is -2.38. The second kappa shape index (κ2) is 7.85. The van der Waals surface area contributed by atoms with Gasteiger partial charge in [0.05, 0.1) is 11.0 Å². The Bertz CT molecular complexity index is 1070. The number of rotatable bonds is 5. The first-order valence-corrected chi connectivity index (χ1v) is 9.87. The molecule has 7 nitrogen and oxygen atoms in total. The Morgan fingerprint density at radius 2 is 1.90 bits per heavy atom. The second-order valence-electron chi connectivity index (χ2n) is 7.20. The van der Waals surface area contributed by atoms with Gasteiger partial charge < -0.3 is 9.88 Å². The molecular formula is C21H21ClN4O3. The minimum Gasteiger partial charge on any atom is -0.363 e. The van der Waals surface area contributed by atoms with Crippen molar-refractivity contribution in [2.24, 2.45) is 0 Å². The summed E-state index contributed by atoms with van der Waals surface area (Å²) in [4.78, 5) is 31.3. The van der Waals surface area contributed by atoms with Crippen molar-refractivity contribution in [2.75, 3.05) is 31.1 Å². The predicted octanol–water partition coefficient (Wildman–Crippen LogP) is 4.12. The molecule has 1 atom stereocenters. The van der Waals surface area contributed by atoms with Crippen molar-refractivity contribution in [3.05, 3.63) is 69.4 Å². The number of carbonyl (C=O) groups excluding carboxylic acids is 1. The number of aromatic amines is 1. The molecule has 2 heterocycles. The van der Waals surface area contributed by atoms with Crippen molar-refractivity contribution in [2.45, 2.75) is 13.0 Å². The highest BCUT2D eigenvalue weighted by Crippen LogP contribution is 2.32. The summed E-state index contributed by atoms with van der Waals surface area (Å²) in [6.45, 7) is 4.43. The maximum Gasteiger partial charge on any atom is 0.294 e. The highest BCUT2D eigenvalue weighted by Gasteiger charge is 2.29. The standard InChI is InChI=1S/C21H21ClN4O3/c1-14(21(27)17-13-23-18-5-3-2-4-16(17)18)24-8-10-25(11-9-24)19-7-6-15(22)12-20(19)26(28)29/h2-7,12-14,23H,8-11H2,1H3. The first-order chi connectivity index (χ1) is 14.0. The van der Waals surface area contributed by atoms with Crippen molar-refractivity contribution in [1.82, 2.24) is 9.88 Å². The zero-order valence-electron chi connectivity index (χ0n) is 16.0. The van der Waals surface area contributed by atoms with E-state index in [1.54, 1.807) is 18.3 Å². The van der Waals surface area contributed by atoms with Gasteiger partial charge in [-0.1, -0.05) is 29.8 Å². The van der Waals surface area contributed by atoms with Crippen LogP contribution in [0, 0.1) is 10.1 Å². The van der Waals surface area contributed by atoms with E-state index in [1.165, 1.54) is 6.07 Å². The van der Waals surface area contributed by atoms with E-state index >= 15 is 0 Å². The van der Waals surface area contributed by atoms with E-state index in [0.29, 0.717) is 42.5 Å². The molecule has 2 aromatic carbocycles. The lowest BCUT2D eigenvalue weighted by atomic mass is 10.0. The van der Waals surface area contributed by atoms with Crippen LogP contribution in [-0.2, 0) is 0 Å². The molecule has 0 bridgehead atoms. The van der Waals surface area contributed by atoms with Gasteiger partial charge in [0.25, 0.3) is 5.69 Å². The lowest BCUT2D eigenvalue weighted by Crippen LogP contribution is -2.51. The maximum absolute atomic E-state index is 13.1. The number of benzene rings is 2. The maximum atomic E-state index is 13.1. The van der Waals surface area contributed by atoms with Crippen molar-refractivity contribution >= 4 is 39.7 Å². The third-order valence-corrected chi connectivity index (χ3v) is 5.81. The molecule has 29 heavy (non-hydrogen) atoms. The van der Waals surface area contributed by atoms with E-state index in [0.717, 1.165) is 10.9 Å². The van der Waals surface area contributed by atoms with E-state index in [9.17, 15) is 14.9 Å². The van der Waals surface area contributed by atoms with Crippen LogP contribution in [0.1, 0.15) is 17.3 Å². The number of para-hydroxylation sites is 1. The summed E-state index contributed by atoms with van der Waals surface area (Å²) < 4.78 is 0. The minimum atomic E-state index is -0.406. The van der Waals surface area contributed by atoms with Crippen LogP contribution >= 0.6 is 11.6 Å². The summed E-state index contributed by atoms with van der Waals surface area (Å²) in [5.74, 6) is 0.0772. The number of nitro groups is 1. The number of H-pyrrole nitrogens is 1. The summed E-state index contributed by atoms with van der Waals surface area (Å²) in [6.07, 6.45) is 1.77. The van der Waals surface area contributed by atoms with Crippen molar-refractivity contribution in [1.29, 1.82) is 0 Å². The topological polar surface area (TPSA) is 82.5 Å².